The molecule has 2 aromatic rings. The average molecular weight is 268 g/mol. The molecule has 1 heterocycles. The van der Waals surface area contributed by atoms with Crippen molar-refractivity contribution >= 4 is 11.6 Å². The minimum Gasteiger partial charge on any atom is -0.490 e. The van der Waals surface area contributed by atoms with E-state index in [0.717, 1.165) is 6.42 Å². The topological polar surface area (TPSA) is 44.5 Å². The number of ether oxygens (including phenoxy) is 2. The molecule has 0 saturated heterocycles. The van der Waals surface area contributed by atoms with Crippen molar-refractivity contribution in [2.75, 3.05) is 6.61 Å². The minimum absolute atomic E-state index is 0.165. The maximum absolute atomic E-state index is 5.64. The Bertz CT molecular complexity index is 498. The van der Waals surface area contributed by atoms with E-state index in [2.05, 4.69) is 4.98 Å². The molecule has 5 heteroatoms. The van der Waals surface area contributed by atoms with E-state index in [4.69, 9.17) is 25.5 Å². The molecule has 0 amide bonds. The molecule has 2 rings (SSSR count). The largest absolute Gasteiger partial charge is 0.490 e. The van der Waals surface area contributed by atoms with Gasteiger partial charge in [-0.25, -0.2) is 0 Å². The second kappa shape index (κ2) is 6.31. The fourth-order valence-corrected chi connectivity index (χ4v) is 1.48. The first-order valence-electron chi connectivity index (χ1n) is 5.73. The van der Waals surface area contributed by atoms with Crippen molar-refractivity contribution in [1.29, 1.82) is 0 Å². The van der Waals surface area contributed by atoms with Crippen molar-refractivity contribution in [3.05, 3.63) is 36.2 Å². The van der Waals surface area contributed by atoms with Gasteiger partial charge >= 0.3 is 6.08 Å². The number of alkyl halides is 1. The molecule has 0 saturated carbocycles. The van der Waals surface area contributed by atoms with Gasteiger partial charge in [0.25, 0.3) is 0 Å². The molecule has 0 atom stereocenters. The van der Waals surface area contributed by atoms with E-state index in [1.54, 1.807) is 6.07 Å². The van der Waals surface area contributed by atoms with Gasteiger partial charge < -0.3 is 13.9 Å². The van der Waals surface area contributed by atoms with Crippen LogP contribution in [-0.2, 0) is 5.88 Å². The molecular weight excluding hydrogens is 254 g/mol. The van der Waals surface area contributed by atoms with Crippen molar-refractivity contribution in [2.24, 2.45) is 0 Å². The summed E-state index contributed by atoms with van der Waals surface area (Å²) in [5.41, 5.74) is 0.638. The summed E-state index contributed by atoms with van der Waals surface area (Å²) in [6, 6.07) is 7.39. The molecule has 18 heavy (non-hydrogen) atoms. The molecule has 0 unspecified atom stereocenters. The molecule has 1 aromatic carbocycles. The molecule has 4 nitrogen and oxygen atoms in total. The van der Waals surface area contributed by atoms with E-state index in [1.165, 1.54) is 6.26 Å². The highest BCUT2D eigenvalue weighted by Crippen LogP contribution is 2.30. The Morgan fingerprint density at radius 2 is 2.06 bits per heavy atom. The maximum atomic E-state index is 5.64. The van der Waals surface area contributed by atoms with Gasteiger partial charge in [-0.05, 0) is 18.6 Å². The lowest BCUT2D eigenvalue weighted by Gasteiger charge is -2.09. The maximum Gasteiger partial charge on any atom is 0.399 e. The first-order valence-corrected chi connectivity index (χ1v) is 6.27. The highest BCUT2D eigenvalue weighted by molar-refractivity contribution is 6.16. The number of para-hydroxylation sites is 2. The van der Waals surface area contributed by atoms with E-state index >= 15 is 0 Å². The van der Waals surface area contributed by atoms with Crippen molar-refractivity contribution < 1.29 is 13.9 Å². The van der Waals surface area contributed by atoms with Crippen LogP contribution in [0.2, 0.25) is 0 Å². The molecule has 0 aliphatic rings. The van der Waals surface area contributed by atoms with Crippen LogP contribution in [0.1, 0.15) is 19.0 Å². The van der Waals surface area contributed by atoms with E-state index in [9.17, 15) is 0 Å². The van der Waals surface area contributed by atoms with Gasteiger partial charge in [0.15, 0.2) is 11.5 Å². The van der Waals surface area contributed by atoms with Gasteiger partial charge in [-0.2, -0.15) is 4.98 Å². The number of benzene rings is 1. The summed E-state index contributed by atoms with van der Waals surface area (Å²) in [6.45, 7) is 2.68. The molecule has 96 valence electrons. The zero-order valence-corrected chi connectivity index (χ0v) is 10.8. The Balaban J connectivity index is 2.12. The molecule has 1 aromatic heterocycles. The first-order chi connectivity index (χ1) is 8.83. The fraction of sp³-hybridized carbons (Fsp3) is 0.308. The summed E-state index contributed by atoms with van der Waals surface area (Å²) in [5.74, 6) is 1.54. The molecule has 0 spiro atoms. The predicted molar refractivity (Wildman–Crippen MR) is 68.4 cm³/mol. The summed E-state index contributed by atoms with van der Waals surface area (Å²) >= 11 is 5.64. The lowest BCUT2D eigenvalue weighted by atomic mass is 10.3. The third kappa shape index (κ3) is 3.17. The first kappa shape index (κ1) is 12.8. The Labute approximate surface area is 110 Å². The Hall–Kier alpha value is -1.68. The SMILES string of the molecule is CCCOc1ccccc1Oc1nc(CCl)co1. The number of nitrogens with zero attached hydrogens (tertiary/aromatic N) is 1. The summed E-state index contributed by atoms with van der Waals surface area (Å²) in [5, 5.41) is 0. The third-order valence-electron chi connectivity index (χ3n) is 2.18. The van der Waals surface area contributed by atoms with Crippen LogP contribution in [-0.4, -0.2) is 11.6 Å². The smallest absolute Gasteiger partial charge is 0.399 e. The summed E-state index contributed by atoms with van der Waals surface area (Å²) in [7, 11) is 0. The second-order valence-electron chi connectivity index (χ2n) is 3.64. The van der Waals surface area contributed by atoms with Crippen LogP contribution in [0.5, 0.6) is 17.6 Å². The highest BCUT2D eigenvalue weighted by atomic mass is 35.5. The second-order valence-corrected chi connectivity index (χ2v) is 3.90. The molecule has 0 aliphatic heterocycles. The minimum atomic E-state index is 0.165. The van der Waals surface area contributed by atoms with Crippen LogP contribution in [0.3, 0.4) is 0 Å². The molecule has 0 aliphatic carbocycles. The van der Waals surface area contributed by atoms with Crippen molar-refractivity contribution in [3.63, 3.8) is 0 Å². The molecule has 0 fully saturated rings. The van der Waals surface area contributed by atoms with Gasteiger partial charge in [0.1, 0.15) is 6.26 Å². The lowest BCUT2D eigenvalue weighted by Crippen LogP contribution is -1.97. The van der Waals surface area contributed by atoms with Crippen molar-refractivity contribution in [2.45, 2.75) is 19.2 Å². The van der Waals surface area contributed by atoms with Crippen LogP contribution >= 0.6 is 11.6 Å². The van der Waals surface area contributed by atoms with Crippen LogP contribution < -0.4 is 9.47 Å². The molecule has 0 bridgehead atoms. The van der Waals surface area contributed by atoms with Crippen LogP contribution in [0.15, 0.2) is 34.9 Å². The number of halogens is 1. The third-order valence-corrected chi connectivity index (χ3v) is 2.45. The number of oxazole rings is 1. The van der Waals surface area contributed by atoms with Crippen LogP contribution in [0.25, 0.3) is 0 Å². The van der Waals surface area contributed by atoms with Gasteiger partial charge in [-0.15, -0.1) is 11.6 Å². The van der Waals surface area contributed by atoms with Gasteiger partial charge in [-0.1, -0.05) is 19.1 Å². The van der Waals surface area contributed by atoms with Crippen LogP contribution in [0, 0.1) is 0 Å². The lowest BCUT2D eigenvalue weighted by molar-refractivity contribution is 0.280. The Kier molecular flexibility index (Phi) is 4.47. The Morgan fingerprint density at radius 3 is 2.72 bits per heavy atom. The monoisotopic (exact) mass is 267 g/mol. The van der Waals surface area contributed by atoms with Crippen molar-refractivity contribution in [1.82, 2.24) is 4.98 Å². The van der Waals surface area contributed by atoms with E-state index in [1.807, 2.05) is 25.1 Å². The fourth-order valence-electron chi connectivity index (χ4n) is 1.36. The molecular formula is C13H14ClNO3. The Morgan fingerprint density at radius 1 is 1.28 bits per heavy atom. The summed E-state index contributed by atoms with van der Waals surface area (Å²) in [4.78, 5) is 4.07. The van der Waals surface area contributed by atoms with Gasteiger partial charge in [0, 0.05) is 0 Å². The van der Waals surface area contributed by atoms with E-state index in [0.29, 0.717) is 29.7 Å². The molecule has 0 N–H and O–H groups in total. The van der Waals surface area contributed by atoms with E-state index < -0.39 is 0 Å². The van der Waals surface area contributed by atoms with Crippen LogP contribution in [0.4, 0.5) is 0 Å². The zero-order chi connectivity index (χ0) is 12.8. The van der Waals surface area contributed by atoms with Gasteiger partial charge in [-0.3, -0.25) is 0 Å². The number of aromatic nitrogens is 1. The van der Waals surface area contributed by atoms with Crippen molar-refractivity contribution in [3.8, 4) is 17.6 Å². The normalized spacial score (nSPS) is 10.3. The number of rotatable bonds is 6. The molecule has 0 radical (unpaired) electrons. The predicted octanol–water partition coefficient (Wildman–Crippen LogP) is 3.99. The highest BCUT2D eigenvalue weighted by Gasteiger charge is 2.09. The zero-order valence-electron chi connectivity index (χ0n) is 10.1. The summed E-state index contributed by atoms with van der Waals surface area (Å²) in [6.07, 6.45) is 2.57. The van der Waals surface area contributed by atoms with Gasteiger partial charge in [0.05, 0.1) is 18.2 Å². The standard InChI is InChI=1S/C13H14ClNO3/c1-2-7-16-11-5-3-4-6-12(11)18-13-15-10(8-14)9-17-13/h3-6,9H,2,7-8H2,1H3. The number of hydrogen-bond donors (Lipinski definition) is 0. The average Bonchev–Trinajstić information content (AvgIpc) is 2.85. The number of hydrogen-bond acceptors (Lipinski definition) is 4. The van der Waals surface area contributed by atoms with Gasteiger partial charge in [0.2, 0.25) is 0 Å². The van der Waals surface area contributed by atoms with E-state index in [-0.39, 0.29) is 6.08 Å². The quantitative estimate of drug-likeness (QED) is 0.742. The summed E-state index contributed by atoms with van der Waals surface area (Å²) < 4.78 is 16.2.